The molecule has 212 valence electrons. The first-order valence-corrected chi connectivity index (χ1v) is 14.5. The van der Waals surface area contributed by atoms with Gasteiger partial charge >= 0.3 is 0 Å². The summed E-state index contributed by atoms with van der Waals surface area (Å²) in [5.74, 6) is 3.43. The third-order valence-corrected chi connectivity index (χ3v) is 8.38. The second-order valence-corrected chi connectivity index (χ2v) is 10.9. The third kappa shape index (κ3) is 5.09. The highest BCUT2D eigenvalue weighted by molar-refractivity contribution is 5.86. The number of likely N-dealkylation sites (tertiary alicyclic amines) is 1. The molecule has 0 radical (unpaired) electrons. The van der Waals surface area contributed by atoms with Gasteiger partial charge in [-0.3, -0.25) is 9.47 Å². The van der Waals surface area contributed by atoms with Gasteiger partial charge in [-0.25, -0.2) is 9.97 Å². The molecule has 3 aromatic heterocycles. The van der Waals surface area contributed by atoms with Gasteiger partial charge < -0.3 is 23.9 Å². The molecule has 40 heavy (non-hydrogen) atoms. The fourth-order valence-corrected chi connectivity index (χ4v) is 6.01. The summed E-state index contributed by atoms with van der Waals surface area (Å²) in [7, 11) is 4.20. The Balaban J connectivity index is 1.35. The number of nitrogens with zero attached hydrogens (tertiary/aromatic N) is 9. The maximum Gasteiger partial charge on any atom is 0.239 e. The quantitative estimate of drug-likeness (QED) is 0.294. The van der Waals surface area contributed by atoms with E-state index in [1.165, 1.54) is 0 Å². The van der Waals surface area contributed by atoms with E-state index in [2.05, 4.69) is 50.9 Å². The summed E-state index contributed by atoms with van der Waals surface area (Å²) in [6, 6.07) is 8.69. The molecule has 0 saturated carbocycles. The van der Waals surface area contributed by atoms with Gasteiger partial charge in [0.05, 0.1) is 30.8 Å². The number of hydrogen-bond acceptors (Lipinski definition) is 9. The van der Waals surface area contributed by atoms with Gasteiger partial charge in [0.15, 0.2) is 17.0 Å². The van der Waals surface area contributed by atoms with E-state index in [1.54, 1.807) is 0 Å². The van der Waals surface area contributed by atoms with Crippen LogP contribution in [-0.2, 0) is 29.5 Å². The molecule has 11 nitrogen and oxygen atoms in total. The van der Waals surface area contributed by atoms with E-state index in [4.69, 9.17) is 24.7 Å². The molecule has 0 amide bonds. The van der Waals surface area contributed by atoms with Gasteiger partial charge in [-0.1, -0.05) is 19.1 Å². The van der Waals surface area contributed by atoms with Crippen molar-refractivity contribution in [2.45, 2.75) is 45.2 Å². The smallest absolute Gasteiger partial charge is 0.239 e. The molecule has 0 spiro atoms. The van der Waals surface area contributed by atoms with Gasteiger partial charge in [0.25, 0.3) is 0 Å². The van der Waals surface area contributed by atoms with Crippen LogP contribution in [-0.4, -0.2) is 104 Å². The fourth-order valence-electron chi connectivity index (χ4n) is 6.01. The predicted molar refractivity (Wildman–Crippen MR) is 155 cm³/mol. The summed E-state index contributed by atoms with van der Waals surface area (Å²) in [5, 5.41) is 0. The number of carbonyl (C=O) groups is 1. The monoisotopic (exact) mass is 545 g/mol. The van der Waals surface area contributed by atoms with Crippen LogP contribution in [0.2, 0.25) is 0 Å². The van der Waals surface area contributed by atoms with E-state index in [1.807, 2.05) is 18.2 Å². The molecule has 0 N–H and O–H groups in total. The zero-order valence-electron chi connectivity index (χ0n) is 23.8. The van der Waals surface area contributed by atoms with Crippen LogP contribution in [0.3, 0.4) is 0 Å². The Morgan fingerprint density at radius 1 is 1.02 bits per heavy atom. The van der Waals surface area contributed by atoms with Gasteiger partial charge in [0, 0.05) is 58.7 Å². The summed E-state index contributed by atoms with van der Waals surface area (Å²) < 4.78 is 9.88. The van der Waals surface area contributed by atoms with Crippen molar-refractivity contribution >= 4 is 34.3 Å². The normalized spacial score (nSPS) is 17.4. The number of hydrogen-bond donors (Lipinski definition) is 0. The number of morpholine rings is 1. The molecule has 0 bridgehead atoms. The predicted octanol–water partition coefficient (Wildman–Crippen LogP) is 2.59. The molecular weight excluding hydrogens is 506 g/mol. The number of aromatic nitrogens is 6. The molecule has 2 fully saturated rings. The van der Waals surface area contributed by atoms with Crippen LogP contribution in [0.15, 0.2) is 24.3 Å². The number of piperidine rings is 1. The van der Waals surface area contributed by atoms with E-state index in [-0.39, 0.29) is 0 Å². The Morgan fingerprint density at radius 3 is 2.55 bits per heavy atom. The van der Waals surface area contributed by atoms with Crippen LogP contribution in [0.5, 0.6) is 0 Å². The molecule has 6 rings (SSSR count). The van der Waals surface area contributed by atoms with Crippen LogP contribution in [0.25, 0.3) is 28.1 Å². The number of aldehydes is 1. The summed E-state index contributed by atoms with van der Waals surface area (Å²) >= 11 is 0. The maximum absolute atomic E-state index is 10.8. The molecule has 2 saturated heterocycles. The first-order chi connectivity index (χ1) is 19.6. The molecule has 5 heterocycles. The minimum atomic E-state index is 0.524. The second-order valence-electron chi connectivity index (χ2n) is 10.9. The van der Waals surface area contributed by atoms with Gasteiger partial charge in [-0.2, -0.15) is 9.97 Å². The lowest BCUT2D eigenvalue weighted by molar-refractivity contribution is -0.108. The second kappa shape index (κ2) is 11.6. The average Bonchev–Trinajstić information content (AvgIpc) is 3.53. The number of imidazole rings is 2. The topological polar surface area (TPSA) is 97.4 Å². The number of anilines is 1. The lowest BCUT2D eigenvalue weighted by Crippen LogP contribution is -2.43. The molecule has 2 aliphatic rings. The Labute approximate surface area is 234 Å². The standard InChI is InChI=1S/C29H39N9O2/c1-4-24-30-22-8-5-6-9-23(22)38(24)29-32-27-26(28(33-29)37-15-18-40-19-16-37)31-25(35(27)3)20-36-13-10-21(11-14-36)34(2)12-7-17-39/h5-6,8-9,17,21H,4,7,10-16,18-20H2,1-3H3. The van der Waals surface area contributed by atoms with Crippen molar-refractivity contribution in [3.8, 4) is 5.95 Å². The number of para-hydroxylation sites is 2. The third-order valence-electron chi connectivity index (χ3n) is 8.38. The highest BCUT2D eigenvalue weighted by Gasteiger charge is 2.27. The van der Waals surface area contributed by atoms with Crippen molar-refractivity contribution in [1.82, 2.24) is 38.9 Å². The lowest BCUT2D eigenvalue weighted by Gasteiger charge is -2.36. The van der Waals surface area contributed by atoms with Crippen molar-refractivity contribution in [3.05, 3.63) is 35.9 Å². The zero-order chi connectivity index (χ0) is 27.6. The minimum absolute atomic E-state index is 0.524. The van der Waals surface area contributed by atoms with Crippen LogP contribution >= 0.6 is 0 Å². The number of fused-ring (bicyclic) bond motifs is 2. The first kappa shape index (κ1) is 26.8. The number of carbonyl (C=O) groups excluding carboxylic acids is 1. The van der Waals surface area contributed by atoms with Crippen molar-refractivity contribution in [2.24, 2.45) is 7.05 Å². The van der Waals surface area contributed by atoms with Crippen LogP contribution in [0.1, 0.15) is 37.8 Å². The summed E-state index contributed by atoms with van der Waals surface area (Å²) in [5.41, 5.74) is 3.63. The van der Waals surface area contributed by atoms with Crippen LogP contribution in [0.4, 0.5) is 5.82 Å². The summed E-state index contributed by atoms with van der Waals surface area (Å²) in [6.45, 7) is 8.61. The lowest BCUT2D eigenvalue weighted by atomic mass is 10.0. The highest BCUT2D eigenvalue weighted by atomic mass is 16.5. The Hall–Kier alpha value is -3.41. The number of ether oxygens (including phenoxy) is 1. The largest absolute Gasteiger partial charge is 0.378 e. The van der Waals surface area contributed by atoms with Crippen LogP contribution < -0.4 is 4.90 Å². The molecule has 2 aliphatic heterocycles. The number of benzene rings is 1. The van der Waals surface area contributed by atoms with E-state index in [0.29, 0.717) is 31.6 Å². The molecule has 0 aliphatic carbocycles. The van der Waals surface area contributed by atoms with Crippen molar-refractivity contribution in [2.75, 3.05) is 57.9 Å². The van der Waals surface area contributed by atoms with Crippen molar-refractivity contribution in [1.29, 1.82) is 0 Å². The molecule has 11 heteroatoms. The summed E-state index contributed by atoms with van der Waals surface area (Å²) in [4.78, 5) is 38.1. The van der Waals surface area contributed by atoms with Gasteiger partial charge in [-0.05, 0) is 32.0 Å². The molecule has 0 atom stereocenters. The van der Waals surface area contributed by atoms with E-state index in [9.17, 15) is 4.79 Å². The number of aryl methyl sites for hydroxylation is 2. The Bertz CT molecular complexity index is 1480. The van der Waals surface area contributed by atoms with Gasteiger partial charge in [0.2, 0.25) is 5.95 Å². The molecule has 1 aromatic carbocycles. The maximum atomic E-state index is 10.8. The molecule has 4 aromatic rings. The van der Waals surface area contributed by atoms with Crippen molar-refractivity contribution in [3.63, 3.8) is 0 Å². The van der Waals surface area contributed by atoms with E-state index < -0.39 is 0 Å². The Kier molecular flexibility index (Phi) is 7.77. The fraction of sp³-hybridized carbons (Fsp3) is 0.552. The van der Waals surface area contributed by atoms with Crippen LogP contribution in [0, 0.1) is 0 Å². The minimum Gasteiger partial charge on any atom is -0.378 e. The number of rotatable bonds is 9. The highest BCUT2D eigenvalue weighted by Crippen LogP contribution is 2.29. The Morgan fingerprint density at radius 2 is 1.80 bits per heavy atom. The molecule has 0 unspecified atom stereocenters. The van der Waals surface area contributed by atoms with E-state index >= 15 is 0 Å². The first-order valence-electron chi connectivity index (χ1n) is 14.5. The molecular formula is C29H39N9O2. The zero-order valence-corrected chi connectivity index (χ0v) is 23.8. The average molecular weight is 546 g/mol. The van der Waals surface area contributed by atoms with Crippen molar-refractivity contribution < 1.29 is 9.53 Å². The SMILES string of the molecule is CCc1nc2ccccc2n1-c1nc(N2CCOCC2)c2nc(CN3CCC(N(C)CCC=O)CC3)n(C)c2n1. The van der Waals surface area contributed by atoms with Gasteiger partial charge in [0.1, 0.15) is 17.9 Å². The van der Waals surface area contributed by atoms with Gasteiger partial charge in [-0.15, -0.1) is 0 Å². The summed E-state index contributed by atoms with van der Waals surface area (Å²) in [6.07, 6.45) is 4.57. The van der Waals surface area contributed by atoms with E-state index in [0.717, 1.165) is 104 Å².